The van der Waals surface area contributed by atoms with Crippen LogP contribution < -0.4 is 5.56 Å². The molecular weight excluding hydrogens is 294 g/mol. The molecule has 2 aromatic carbocycles. The van der Waals surface area contributed by atoms with Crippen LogP contribution in [0.1, 0.15) is 16.7 Å². The Morgan fingerprint density at radius 2 is 2.00 bits per heavy atom. The number of rotatable bonds is 3. The Morgan fingerprint density at radius 1 is 1.22 bits per heavy atom. The number of nitro benzene ring substituents is 1. The van der Waals surface area contributed by atoms with Gasteiger partial charge in [0.1, 0.15) is 0 Å². The number of nitrogens with zero attached hydrogens (tertiary/aromatic N) is 3. The highest BCUT2D eigenvalue weighted by molar-refractivity contribution is 5.77. The van der Waals surface area contributed by atoms with E-state index < -0.39 is 4.92 Å². The summed E-state index contributed by atoms with van der Waals surface area (Å²) in [4.78, 5) is 27.5. The van der Waals surface area contributed by atoms with Gasteiger partial charge in [-0.05, 0) is 31.5 Å². The molecule has 0 aliphatic carbocycles. The average molecular weight is 309 g/mol. The standard InChI is InChI=1S/C17H15N3O3/c1-11-6-7-15-14(8-11)17(21)19(10-18-15)9-13-4-3-5-16(12(13)2)20(22)23/h3-8,10H,9H2,1-2H3. The van der Waals surface area contributed by atoms with Gasteiger partial charge in [0.05, 0.1) is 28.7 Å². The lowest BCUT2D eigenvalue weighted by atomic mass is 10.1. The zero-order chi connectivity index (χ0) is 16.6. The Bertz CT molecular complexity index is 976. The molecule has 0 fully saturated rings. The van der Waals surface area contributed by atoms with E-state index in [9.17, 15) is 14.9 Å². The van der Waals surface area contributed by atoms with Crippen LogP contribution in [-0.2, 0) is 6.54 Å². The monoisotopic (exact) mass is 309 g/mol. The van der Waals surface area contributed by atoms with E-state index in [1.165, 1.54) is 17.0 Å². The fraction of sp³-hybridized carbons (Fsp3) is 0.176. The largest absolute Gasteiger partial charge is 0.294 e. The van der Waals surface area contributed by atoms with E-state index in [1.807, 2.05) is 25.1 Å². The SMILES string of the molecule is Cc1ccc2ncn(Cc3cccc([N+](=O)[O-])c3C)c(=O)c2c1. The molecule has 0 saturated heterocycles. The Kier molecular flexibility index (Phi) is 3.65. The zero-order valence-electron chi connectivity index (χ0n) is 12.8. The highest BCUT2D eigenvalue weighted by Crippen LogP contribution is 2.21. The molecule has 1 heterocycles. The molecule has 0 aliphatic rings. The van der Waals surface area contributed by atoms with Crippen LogP contribution in [0.25, 0.3) is 10.9 Å². The molecular formula is C17H15N3O3. The summed E-state index contributed by atoms with van der Waals surface area (Å²) in [5.74, 6) is 0. The fourth-order valence-corrected chi connectivity index (χ4v) is 2.61. The number of benzene rings is 2. The minimum absolute atomic E-state index is 0.0557. The van der Waals surface area contributed by atoms with Crippen LogP contribution >= 0.6 is 0 Å². The van der Waals surface area contributed by atoms with E-state index in [0.29, 0.717) is 16.5 Å². The van der Waals surface area contributed by atoms with Gasteiger partial charge < -0.3 is 0 Å². The summed E-state index contributed by atoms with van der Waals surface area (Å²) in [5, 5.41) is 11.6. The Morgan fingerprint density at radius 3 is 2.74 bits per heavy atom. The zero-order valence-corrected chi connectivity index (χ0v) is 12.8. The third-order valence-corrected chi connectivity index (χ3v) is 3.93. The smallest absolute Gasteiger partial charge is 0.272 e. The number of hydrogen-bond acceptors (Lipinski definition) is 4. The van der Waals surface area contributed by atoms with Gasteiger partial charge in [0.2, 0.25) is 0 Å². The van der Waals surface area contributed by atoms with E-state index in [-0.39, 0.29) is 17.8 Å². The van der Waals surface area contributed by atoms with Crippen molar-refractivity contribution in [2.45, 2.75) is 20.4 Å². The van der Waals surface area contributed by atoms with E-state index in [1.54, 1.807) is 19.1 Å². The molecule has 3 rings (SSSR count). The van der Waals surface area contributed by atoms with Crippen LogP contribution in [0, 0.1) is 24.0 Å². The predicted octanol–water partition coefficient (Wildman–Crippen LogP) is 2.97. The van der Waals surface area contributed by atoms with Crippen molar-refractivity contribution in [3.8, 4) is 0 Å². The second-order valence-electron chi connectivity index (χ2n) is 5.52. The molecule has 23 heavy (non-hydrogen) atoms. The number of aromatic nitrogens is 2. The summed E-state index contributed by atoms with van der Waals surface area (Å²) < 4.78 is 1.48. The second kappa shape index (κ2) is 5.64. The van der Waals surface area contributed by atoms with Crippen LogP contribution in [0.15, 0.2) is 47.5 Å². The van der Waals surface area contributed by atoms with Gasteiger partial charge in [0.25, 0.3) is 11.2 Å². The van der Waals surface area contributed by atoms with Crippen LogP contribution in [0.5, 0.6) is 0 Å². The molecule has 0 atom stereocenters. The maximum absolute atomic E-state index is 12.6. The van der Waals surface area contributed by atoms with Crippen molar-refractivity contribution in [3.05, 3.63) is 79.9 Å². The van der Waals surface area contributed by atoms with Gasteiger partial charge in [-0.25, -0.2) is 4.98 Å². The minimum Gasteiger partial charge on any atom is -0.294 e. The molecule has 1 aromatic heterocycles. The summed E-state index contributed by atoms with van der Waals surface area (Å²) in [6.07, 6.45) is 1.48. The number of hydrogen-bond donors (Lipinski definition) is 0. The lowest BCUT2D eigenvalue weighted by Gasteiger charge is -2.09. The first-order valence-corrected chi connectivity index (χ1v) is 7.16. The van der Waals surface area contributed by atoms with Crippen molar-refractivity contribution >= 4 is 16.6 Å². The Hall–Kier alpha value is -3.02. The van der Waals surface area contributed by atoms with Crippen LogP contribution in [0.3, 0.4) is 0 Å². The molecule has 0 bridgehead atoms. The van der Waals surface area contributed by atoms with Gasteiger partial charge >= 0.3 is 0 Å². The molecule has 6 nitrogen and oxygen atoms in total. The predicted molar refractivity (Wildman–Crippen MR) is 87.7 cm³/mol. The molecule has 0 spiro atoms. The highest BCUT2D eigenvalue weighted by Gasteiger charge is 2.14. The molecule has 0 N–H and O–H groups in total. The van der Waals surface area contributed by atoms with Gasteiger partial charge in [-0.15, -0.1) is 0 Å². The number of fused-ring (bicyclic) bond motifs is 1. The van der Waals surface area contributed by atoms with Gasteiger partial charge in [-0.3, -0.25) is 19.5 Å². The van der Waals surface area contributed by atoms with Crippen molar-refractivity contribution in [2.24, 2.45) is 0 Å². The van der Waals surface area contributed by atoms with Crippen molar-refractivity contribution in [1.82, 2.24) is 9.55 Å². The second-order valence-corrected chi connectivity index (χ2v) is 5.52. The van der Waals surface area contributed by atoms with Crippen LogP contribution in [-0.4, -0.2) is 14.5 Å². The quantitative estimate of drug-likeness (QED) is 0.550. The first-order valence-electron chi connectivity index (χ1n) is 7.16. The summed E-state index contributed by atoms with van der Waals surface area (Å²) in [6, 6.07) is 10.4. The third-order valence-electron chi connectivity index (χ3n) is 3.93. The molecule has 3 aromatic rings. The number of aryl methyl sites for hydroxylation is 1. The first kappa shape index (κ1) is 14.9. The van der Waals surface area contributed by atoms with Gasteiger partial charge in [-0.2, -0.15) is 0 Å². The first-order chi connectivity index (χ1) is 11.0. The lowest BCUT2D eigenvalue weighted by Crippen LogP contribution is -2.21. The normalized spacial score (nSPS) is 10.9. The summed E-state index contributed by atoms with van der Waals surface area (Å²) in [6.45, 7) is 3.86. The molecule has 0 saturated carbocycles. The average Bonchev–Trinajstić information content (AvgIpc) is 2.52. The topological polar surface area (TPSA) is 78.0 Å². The summed E-state index contributed by atoms with van der Waals surface area (Å²) >= 11 is 0. The summed E-state index contributed by atoms with van der Waals surface area (Å²) in [5.41, 5.74) is 2.84. The number of nitro groups is 1. The molecule has 0 radical (unpaired) electrons. The van der Waals surface area contributed by atoms with Crippen molar-refractivity contribution in [2.75, 3.05) is 0 Å². The minimum atomic E-state index is -0.413. The molecule has 0 amide bonds. The molecule has 0 aliphatic heterocycles. The molecule has 0 unspecified atom stereocenters. The van der Waals surface area contributed by atoms with Crippen LogP contribution in [0.2, 0.25) is 0 Å². The van der Waals surface area contributed by atoms with E-state index in [0.717, 1.165) is 11.1 Å². The van der Waals surface area contributed by atoms with Crippen molar-refractivity contribution < 1.29 is 4.92 Å². The molecule has 116 valence electrons. The van der Waals surface area contributed by atoms with Crippen molar-refractivity contribution in [3.63, 3.8) is 0 Å². The summed E-state index contributed by atoms with van der Waals surface area (Å²) in [7, 11) is 0. The van der Waals surface area contributed by atoms with E-state index >= 15 is 0 Å². The highest BCUT2D eigenvalue weighted by atomic mass is 16.6. The van der Waals surface area contributed by atoms with Crippen LogP contribution in [0.4, 0.5) is 5.69 Å². The Balaban J connectivity index is 2.09. The van der Waals surface area contributed by atoms with Gasteiger partial charge in [0.15, 0.2) is 0 Å². The third kappa shape index (κ3) is 2.70. The van der Waals surface area contributed by atoms with Crippen molar-refractivity contribution in [1.29, 1.82) is 0 Å². The molecule has 6 heteroatoms. The van der Waals surface area contributed by atoms with Gasteiger partial charge in [-0.1, -0.05) is 23.8 Å². The maximum Gasteiger partial charge on any atom is 0.272 e. The van der Waals surface area contributed by atoms with E-state index in [4.69, 9.17) is 0 Å². The fourth-order valence-electron chi connectivity index (χ4n) is 2.61. The Labute approximate surface area is 132 Å². The maximum atomic E-state index is 12.6. The lowest BCUT2D eigenvalue weighted by molar-refractivity contribution is -0.385. The van der Waals surface area contributed by atoms with Gasteiger partial charge in [0, 0.05) is 11.6 Å². The van der Waals surface area contributed by atoms with E-state index in [2.05, 4.69) is 4.98 Å².